The minimum absolute atomic E-state index is 0.358. The summed E-state index contributed by atoms with van der Waals surface area (Å²) < 4.78 is 15.8. The number of carbonyl (C=O) groups excluding carboxylic acids is 1. The maximum atomic E-state index is 12.4. The van der Waals surface area contributed by atoms with Crippen LogP contribution in [0.4, 0.5) is 0 Å². The fourth-order valence-corrected chi connectivity index (χ4v) is 3.44. The summed E-state index contributed by atoms with van der Waals surface area (Å²) in [7, 11) is 4.52. The standard InChI is InChI=1S/C18H22N2O4S/c1-10-7-14(12(3)25-10)11(2)19-20-18(21)13-8-15(22-4)17(24-6)16(9-13)23-5/h7-9H,1-6H3,(H,20,21)/b19-11-. The molecule has 0 fully saturated rings. The molecule has 0 spiro atoms. The van der Waals surface area contributed by atoms with Crippen molar-refractivity contribution in [2.45, 2.75) is 20.8 Å². The maximum absolute atomic E-state index is 12.4. The molecule has 0 bridgehead atoms. The molecule has 0 unspecified atom stereocenters. The number of rotatable bonds is 6. The Labute approximate surface area is 151 Å². The minimum atomic E-state index is -0.358. The average molecular weight is 362 g/mol. The molecule has 134 valence electrons. The van der Waals surface area contributed by atoms with Crippen molar-refractivity contribution in [1.29, 1.82) is 0 Å². The van der Waals surface area contributed by atoms with Gasteiger partial charge in [-0.15, -0.1) is 11.3 Å². The van der Waals surface area contributed by atoms with Gasteiger partial charge in [-0.2, -0.15) is 5.10 Å². The van der Waals surface area contributed by atoms with E-state index < -0.39 is 0 Å². The molecule has 0 saturated carbocycles. The van der Waals surface area contributed by atoms with Gasteiger partial charge in [0.1, 0.15) is 0 Å². The number of nitrogens with one attached hydrogen (secondary N) is 1. The van der Waals surface area contributed by atoms with E-state index in [-0.39, 0.29) is 5.91 Å². The van der Waals surface area contributed by atoms with E-state index in [1.165, 1.54) is 31.1 Å². The van der Waals surface area contributed by atoms with Gasteiger partial charge in [0.05, 0.1) is 27.0 Å². The molecule has 0 aliphatic rings. The molecule has 6 nitrogen and oxygen atoms in total. The Morgan fingerprint density at radius 2 is 1.64 bits per heavy atom. The molecule has 0 aliphatic carbocycles. The number of hydrazone groups is 1. The Morgan fingerprint density at radius 3 is 2.08 bits per heavy atom. The van der Waals surface area contributed by atoms with Crippen LogP contribution in [0.3, 0.4) is 0 Å². The Hall–Kier alpha value is -2.54. The van der Waals surface area contributed by atoms with E-state index in [1.807, 2.05) is 20.8 Å². The average Bonchev–Trinajstić information content (AvgIpc) is 2.96. The first-order valence-corrected chi connectivity index (χ1v) is 8.45. The molecule has 0 aliphatic heterocycles. The van der Waals surface area contributed by atoms with Crippen LogP contribution < -0.4 is 19.6 Å². The number of benzene rings is 1. The Bertz CT molecular complexity index is 786. The highest BCUT2D eigenvalue weighted by Gasteiger charge is 2.17. The smallest absolute Gasteiger partial charge is 0.271 e. The molecule has 0 saturated heterocycles. The summed E-state index contributed by atoms with van der Waals surface area (Å²) in [6.45, 7) is 5.94. The second-order valence-electron chi connectivity index (χ2n) is 5.38. The SMILES string of the molecule is COc1cc(C(=O)N/N=C(/C)c2cc(C)sc2C)cc(OC)c1OC. The van der Waals surface area contributed by atoms with Crippen LogP contribution in [0, 0.1) is 13.8 Å². The van der Waals surface area contributed by atoms with Gasteiger partial charge in [0.15, 0.2) is 11.5 Å². The lowest BCUT2D eigenvalue weighted by Crippen LogP contribution is -2.19. The molecule has 1 amide bonds. The second kappa shape index (κ2) is 8.02. The van der Waals surface area contributed by atoms with E-state index in [9.17, 15) is 4.79 Å². The van der Waals surface area contributed by atoms with Gasteiger partial charge >= 0.3 is 0 Å². The van der Waals surface area contributed by atoms with Crippen LogP contribution in [0.5, 0.6) is 17.2 Å². The lowest BCUT2D eigenvalue weighted by Gasteiger charge is -2.13. The molecule has 0 atom stereocenters. The summed E-state index contributed by atoms with van der Waals surface area (Å²) in [5, 5.41) is 4.21. The number of hydrogen-bond acceptors (Lipinski definition) is 6. The number of carbonyl (C=O) groups is 1. The van der Waals surface area contributed by atoms with Gasteiger partial charge in [0.25, 0.3) is 5.91 Å². The summed E-state index contributed by atoms with van der Waals surface area (Å²) in [6, 6.07) is 5.23. The Kier molecular flexibility index (Phi) is 6.03. The Morgan fingerprint density at radius 1 is 1.04 bits per heavy atom. The fraction of sp³-hybridized carbons (Fsp3) is 0.333. The summed E-state index contributed by atoms with van der Waals surface area (Å²) in [5.74, 6) is 0.905. The zero-order valence-corrected chi connectivity index (χ0v) is 16.0. The largest absolute Gasteiger partial charge is 0.493 e. The number of nitrogens with zero attached hydrogens (tertiary/aromatic N) is 1. The van der Waals surface area contributed by atoms with Gasteiger partial charge in [-0.1, -0.05) is 0 Å². The highest BCUT2D eigenvalue weighted by atomic mass is 32.1. The third-order valence-corrected chi connectivity index (χ3v) is 4.65. The van der Waals surface area contributed by atoms with Crippen molar-refractivity contribution in [1.82, 2.24) is 5.43 Å². The first-order chi connectivity index (χ1) is 11.9. The van der Waals surface area contributed by atoms with E-state index in [0.29, 0.717) is 22.8 Å². The highest BCUT2D eigenvalue weighted by Crippen LogP contribution is 2.38. The summed E-state index contributed by atoms with van der Waals surface area (Å²) in [5.41, 5.74) is 4.73. The third-order valence-electron chi connectivity index (χ3n) is 3.68. The van der Waals surface area contributed by atoms with Crippen molar-refractivity contribution in [3.8, 4) is 17.2 Å². The minimum Gasteiger partial charge on any atom is -0.493 e. The summed E-state index contributed by atoms with van der Waals surface area (Å²) in [4.78, 5) is 14.8. The zero-order chi connectivity index (χ0) is 18.6. The predicted molar refractivity (Wildman–Crippen MR) is 99.6 cm³/mol. The maximum Gasteiger partial charge on any atom is 0.271 e. The van der Waals surface area contributed by atoms with Crippen molar-refractivity contribution in [2.75, 3.05) is 21.3 Å². The topological polar surface area (TPSA) is 69.2 Å². The molecule has 1 heterocycles. The molecular formula is C18H22N2O4S. The molecule has 1 N–H and O–H groups in total. The number of aryl methyl sites for hydroxylation is 2. The summed E-state index contributed by atoms with van der Waals surface area (Å²) in [6.07, 6.45) is 0. The first-order valence-electron chi connectivity index (χ1n) is 7.63. The molecular weight excluding hydrogens is 340 g/mol. The molecule has 2 rings (SSSR count). The van der Waals surface area contributed by atoms with Crippen molar-refractivity contribution in [3.05, 3.63) is 39.1 Å². The van der Waals surface area contributed by atoms with Crippen molar-refractivity contribution < 1.29 is 19.0 Å². The zero-order valence-electron chi connectivity index (χ0n) is 15.2. The number of thiophene rings is 1. The molecule has 2 aromatic rings. The molecule has 1 aromatic carbocycles. The van der Waals surface area contributed by atoms with Crippen LogP contribution >= 0.6 is 11.3 Å². The lowest BCUT2D eigenvalue weighted by molar-refractivity contribution is 0.0954. The van der Waals surface area contributed by atoms with Crippen molar-refractivity contribution in [2.24, 2.45) is 5.10 Å². The summed E-state index contributed by atoms with van der Waals surface area (Å²) >= 11 is 1.70. The molecule has 25 heavy (non-hydrogen) atoms. The Balaban J connectivity index is 2.26. The number of ether oxygens (including phenoxy) is 3. The van der Waals surface area contributed by atoms with Gasteiger partial charge in [0.2, 0.25) is 5.75 Å². The van der Waals surface area contributed by atoms with Gasteiger partial charge in [-0.05, 0) is 39.0 Å². The highest BCUT2D eigenvalue weighted by molar-refractivity contribution is 7.12. The fourth-order valence-electron chi connectivity index (χ4n) is 2.46. The van der Waals surface area contributed by atoms with Gasteiger partial charge < -0.3 is 14.2 Å². The molecule has 1 aromatic heterocycles. The second-order valence-corrected chi connectivity index (χ2v) is 6.84. The monoisotopic (exact) mass is 362 g/mol. The molecule has 0 radical (unpaired) electrons. The predicted octanol–water partition coefficient (Wildman–Crippen LogP) is 3.54. The van der Waals surface area contributed by atoms with Gasteiger partial charge in [-0.3, -0.25) is 4.79 Å². The van der Waals surface area contributed by atoms with Crippen LogP contribution in [0.15, 0.2) is 23.3 Å². The van der Waals surface area contributed by atoms with Crippen LogP contribution in [-0.4, -0.2) is 32.9 Å². The first kappa shape index (κ1) is 18.8. The van der Waals surface area contributed by atoms with Crippen LogP contribution in [0.25, 0.3) is 0 Å². The van der Waals surface area contributed by atoms with Crippen LogP contribution in [-0.2, 0) is 0 Å². The van der Waals surface area contributed by atoms with Crippen LogP contribution in [0.2, 0.25) is 0 Å². The van der Waals surface area contributed by atoms with Crippen molar-refractivity contribution >= 4 is 23.0 Å². The number of hydrogen-bond donors (Lipinski definition) is 1. The van der Waals surface area contributed by atoms with E-state index in [1.54, 1.807) is 23.5 Å². The van der Waals surface area contributed by atoms with Gasteiger partial charge in [0, 0.05) is 20.9 Å². The van der Waals surface area contributed by atoms with E-state index in [0.717, 1.165) is 11.3 Å². The number of methoxy groups -OCH3 is 3. The molecule has 7 heteroatoms. The normalized spacial score (nSPS) is 11.2. The van der Waals surface area contributed by atoms with E-state index in [2.05, 4.69) is 16.6 Å². The number of amides is 1. The third kappa shape index (κ3) is 4.11. The quantitative estimate of drug-likeness (QED) is 0.630. The van der Waals surface area contributed by atoms with Gasteiger partial charge in [-0.25, -0.2) is 5.43 Å². The lowest BCUT2D eigenvalue weighted by atomic mass is 10.1. The van der Waals surface area contributed by atoms with Crippen molar-refractivity contribution in [3.63, 3.8) is 0 Å². The van der Waals surface area contributed by atoms with Crippen LogP contribution in [0.1, 0.15) is 32.6 Å². The van der Waals surface area contributed by atoms with E-state index >= 15 is 0 Å². The van der Waals surface area contributed by atoms with E-state index in [4.69, 9.17) is 14.2 Å².